The summed E-state index contributed by atoms with van der Waals surface area (Å²) < 4.78 is 25.0. The van der Waals surface area contributed by atoms with Crippen molar-refractivity contribution in [3.05, 3.63) is 95.3 Å². The zero-order chi connectivity index (χ0) is 23.2. The number of hydrogen-bond acceptors (Lipinski definition) is 3. The molecule has 2 bridgehead atoms. The fraction of sp³-hybridized carbons (Fsp3) is 0.276. The molecule has 0 radical (unpaired) electrons. The molecule has 0 aromatic heterocycles. The van der Waals surface area contributed by atoms with Gasteiger partial charge in [-0.2, -0.15) is 0 Å². The van der Waals surface area contributed by atoms with Crippen LogP contribution in [-0.4, -0.2) is 36.8 Å². The van der Waals surface area contributed by atoms with Crippen LogP contribution < -0.4 is 4.74 Å². The molecule has 2 aliphatic heterocycles. The molecule has 1 fully saturated rings. The van der Waals surface area contributed by atoms with E-state index in [0.717, 1.165) is 24.0 Å². The molecule has 3 aliphatic rings. The van der Waals surface area contributed by atoms with Crippen LogP contribution in [0, 0.1) is 5.82 Å². The van der Waals surface area contributed by atoms with Gasteiger partial charge in [-0.1, -0.05) is 54.6 Å². The number of benzene rings is 3. The minimum atomic E-state index is -0.319. The zero-order valence-corrected chi connectivity index (χ0v) is 19.0. The number of amides is 1. The SMILES string of the molecule is COc1cc(F)ccc1C1=CC2CCC(C1)N2C(=O)OCC1c2ccccc2-c2ccccc21. The van der Waals surface area contributed by atoms with E-state index in [0.29, 0.717) is 18.8 Å². The maximum atomic E-state index is 13.7. The Morgan fingerprint density at radius 2 is 1.68 bits per heavy atom. The molecule has 5 heteroatoms. The maximum absolute atomic E-state index is 13.7. The molecule has 0 saturated carbocycles. The molecule has 1 saturated heterocycles. The van der Waals surface area contributed by atoms with Crippen molar-refractivity contribution in [1.29, 1.82) is 0 Å². The van der Waals surface area contributed by atoms with Crippen LogP contribution in [0.1, 0.15) is 41.9 Å². The summed E-state index contributed by atoms with van der Waals surface area (Å²) in [5.41, 5.74) is 6.86. The molecule has 2 heterocycles. The third-order valence-electron chi connectivity index (χ3n) is 7.45. The topological polar surface area (TPSA) is 38.8 Å². The summed E-state index contributed by atoms with van der Waals surface area (Å²) in [7, 11) is 1.55. The number of carbonyl (C=O) groups excluding carboxylic acids is 1. The van der Waals surface area contributed by atoms with Crippen molar-refractivity contribution in [2.45, 2.75) is 37.3 Å². The van der Waals surface area contributed by atoms with Gasteiger partial charge in [-0.25, -0.2) is 9.18 Å². The molecule has 3 aromatic rings. The second kappa shape index (κ2) is 8.32. The summed E-state index contributed by atoms with van der Waals surface area (Å²) in [4.78, 5) is 15.1. The minimum absolute atomic E-state index is 0.0147. The van der Waals surface area contributed by atoms with Crippen LogP contribution >= 0.6 is 0 Å². The number of methoxy groups -OCH3 is 1. The molecule has 34 heavy (non-hydrogen) atoms. The zero-order valence-electron chi connectivity index (χ0n) is 19.0. The Morgan fingerprint density at radius 1 is 0.971 bits per heavy atom. The number of carbonyl (C=O) groups is 1. The standard InChI is InChI=1S/C29H26FNO3/c1-33-28-16-19(30)10-13-22(28)18-14-20-11-12-21(15-18)31(20)29(32)34-17-27-25-8-4-2-6-23(25)24-7-3-5-9-26(24)27/h2-10,13-14,16,20-21,27H,11-12,15,17H2,1H3. The van der Waals surface area contributed by atoms with Crippen LogP contribution in [0.4, 0.5) is 9.18 Å². The highest BCUT2D eigenvalue weighted by molar-refractivity contribution is 5.80. The van der Waals surface area contributed by atoms with E-state index in [1.165, 1.54) is 34.4 Å². The normalized spacial score (nSPS) is 20.5. The van der Waals surface area contributed by atoms with Gasteiger partial charge in [-0.05, 0) is 59.2 Å². The van der Waals surface area contributed by atoms with Crippen molar-refractivity contribution >= 4 is 11.7 Å². The highest BCUT2D eigenvalue weighted by Gasteiger charge is 2.41. The minimum Gasteiger partial charge on any atom is -0.496 e. The lowest BCUT2D eigenvalue weighted by molar-refractivity contribution is 0.0866. The third kappa shape index (κ3) is 3.38. The van der Waals surface area contributed by atoms with Crippen LogP contribution in [0.5, 0.6) is 5.75 Å². The Hall–Kier alpha value is -3.60. The summed E-state index contributed by atoms with van der Waals surface area (Å²) in [6.07, 6.45) is 4.42. The fourth-order valence-corrected chi connectivity index (χ4v) is 5.91. The van der Waals surface area contributed by atoms with E-state index < -0.39 is 0 Å². The quantitative estimate of drug-likeness (QED) is 0.457. The van der Waals surface area contributed by atoms with E-state index in [4.69, 9.17) is 9.47 Å². The second-order valence-electron chi connectivity index (χ2n) is 9.25. The first-order chi connectivity index (χ1) is 16.6. The van der Waals surface area contributed by atoms with Crippen LogP contribution in [0.2, 0.25) is 0 Å². The first kappa shape index (κ1) is 21.0. The van der Waals surface area contributed by atoms with E-state index in [1.807, 2.05) is 17.0 Å². The van der Waals surface area contributed by atoms with Gasteiger partial charge in [0.15, 0.2) is 0 Å². The predicted molar refractivity (Wildman–Crippen MR) is 129 cm³/mol. The Balaban J connectivity index is 1.21. The van der Waals surface area contributed by atoms with Gasteiger partial charge >= 0.3 is 6.09 Å². The molecular formula is C29H26FNO3. The van der Waals surface area contributed by atoms with Gasteiger partial charge in [-0.3, -0.25) is 4.90 Å². The lowest BCUT2D eigenvalue weighted by Gasteiger charge is -2.34. The molecular weight excluding hydrogens is 429 g/mol. The molecule has 1 aliphatic carbocycles. The van der Waals surface area contributed by atoms with E-state index in [2.05, 4.69) is 42.5 Å². The average molecular weight is 456 g/mol. The summed E-state index contributed by atoms with van der Waals surface area (Å²) in [6.45, 7) is 0.325. The molecule has 172 valence electrons. The van der Waals surface area contributed by atoms with E-state index in [-0.39, 0.29) is 29.9 Å². The van der Waals surface area contributed by atoms with Crippen molar-refractivity contribution < 1.29 is 18.7 Å². The van der Waals surface area contributed by atoms with Gasteiger partial charge in [0.05, 0.1) is 13.2 Å². The van der Waals surface area contributed by atoms with Crippen LogP contribution in [0.25, 0.3) is 16.7 Å². The number of ether oxygens (including phenoxy) is 2. The maximum Gasteiger partial charge on any atom is 0.410 e. The van der Waals surface area contributed by atoms with E-state index >= 15 is 0 Å². The summed E-state index contributed by atoms with van der Waals surface area (Å²) in [6, 6.07) is 21.4. The predicted octanol–water partition coefficient (Wildman–Crippen LogP) is 6.40. The summed E-state index contributed by atoms with van der Waals surface area (Å²) in [5, 5.41) is 0. The third-order valence-corrected chi connectivity index (χ3v) is 7.45. The molecule has 0 spiro atoms. The molecule has 2 unspecified atom stereocenters. The van der Waals surface area contributed by atoms with Crippen LogP contribution in [0.3, 0.4) is 0 Å². The number of nitrogens with zero attached hydrogens (tertiary/aromatic N) is 1. The Labute approximate surface area is 198 Å². The van der Waals surface area contributed by atoms with Crippen molar-refractivity contribution in [3.8, 4) is 16.9 Å². The van der Waals surface area contributed by atoms with Crippen LogP contribution in [0.15, 0.2) is 72.8 Å². The van der Waals surface area contributed by atoms with Crippen molar-refractivity contribution in [2.75, 3.05) is 13.7 Å². The smallest absolute Gasteiger partial charge is 0.410 e. The van der Waals surface area contributed by atoms with E-state index in [9.17, 15) is 9.18 Å². The number of halogens is 1. The molecule has 6 rings (SSSR count). The lowest BCUT2D eigenvalue weighted by Crippen LogP contribution is -2.43. The average Bonchev–Trinajstić information content (AvgIpc) is 3.33. The molecule has 0 N–H and O–H groups in total. The lowest BCUT2D eigenvalue weighted by atomic mass is 9.94. The molecule has 2 atom stereocenters. The summed E-state index contributed by atoms with van der Waals surface area (Å²) in [5.74, 6) is 0.258. The Morgan fingerprint density at radius 3 is 2.35 bits per heavy atom. The van der Waals surface area contributed by atoms with Gasteiger partial charge in [-0.15, -0.1) is 0 Å². The first-order valence-corrected chi connectivity index (χ1v) is 11.8. The number of hydrogen-bond donors (Lipinski definition) is 0. The van der Waals surface area contributed by atoms with Crippen molar-refractivity contribution in [2.24, 2.45) is 0 Å². The molecule has 4 nitrogen and oxygen atoms in total. The van der Waals surface area contributed by atoms with Gasteiger partial charge in [0.1, 0.15) is 18.2 Å². The van der Waals surface area contributed by atoms with Gasteiger partial charge in [0.25, 0.3) is 0 Å². The van der Waals surface area contributed by atoms with E-state index in [1.54, 1.807) is 13.2 Å². The number of fused-ring (bicyclic) bond motifs is 5. The Bertz CT molecular complexity index is 1250. The largest absolute Gasteiger partial charge is 0.496 e. The van der Waals surface area contributed by atoms with Crippen molar-refractivity contribution in [1.82, 2.24) is 4.90 Å². The highest BCUT2D eigenvalue weighted by atomic mass is 19.1. The van der Waals surface area contributed by atoms with Crippen LogP contribution in [-0.2, 0) is 4.74 Å². The fourth-order valence-electron chi connectivity index (χ4n) is 5.91. The van der Waals surface area contributed by atoms with Gasteiger partial charge in [0.2, 0.25) is 0 Å². The molecule has 1 amide bonds. The second-order valence-corrected chi connectivity index (χ2v) is 9.25. The summed E-state index contributed by atoms with van der Waals surface area (Å²) >= 11 is 0. The van der Waals surface area contributed by atoms with Crippen molar-refractivity contribution in [3.63, 3.8) is 0 Å². The van der Waals surface area contributed by atoms with Gasteiger partial charge < -0.3 is 9.47 Å². The number of rotatable bonds is 4. The Kier molecular flexibility index (Phi) is 5.13. The molecule has 3 aromatic carbocycles. The van der Waals surface area contributed by atoms with Gasteiger partial charge in [0, 0.05) is 23.6 Å². The first-order valence-electron chi connectivity index (χ1n) is 11.8. The monoisotopic (exact) mass is 455 g/mol. The highest BCUT2D eigenvalue weighted by Crippen LogP contribution is 2.45.